The van der Waals surface area contributed by atoms with Crippen LogP contribution in [-0.4, -0.2) is 62.8 Å². The first-order valence-corrected chi connectivity index (χ1v) is 10.7. The topological polar surface area (TPSA) is 69.7 Å². The minimum Gasteiger partial charge on any atom is -0.352 e. The number of sulfonamides is 1. The molecule has 1 amide bonds. The smallest absolute Gasteiger partial charge is 0.243 e. The summed E-state index contributed by atoms with van der Waals surface area (Å²) in [7, 11) is -3.47. The van der Waals surface area contributed by atoms with E-state index in [-0.39, 0.29) is 5.91 Å². The molecule has 0 saturated carbocycles. The van der Waals surface area contributed by atoms with Gasteiger partial charge in [-0.15, -0.1) is 6.58 Å². The number of fused-ring (bicyclic) bond motifs is 1. The second-order valence-corrected chi connectivity index (χ2v) is 8.85. The van der Waals surface area contributed by atoms with Gasteiger partial charge in [-0.05, 0) is 48.9 Å². The number of piperazine rings is 1. The third kappa shape index (κ3) is 4.34. The maximum atomic E-state index is 13.0. The van der Waals surface area contributed by atoms with Gasteiger partial charge in [-0.3, -0.25) is 9.69 Å². The largest absolute Gasteiger partial charge is 0.352 e. The van der Waals surface area contributed by atoms with E-state index in [0.717, 1.165) is 19.3 Å². The highest BCUT2D eigenvalue weighted by atomic mass is 32.2. The second kappa shape index (κ2) is 8.33. The predicted molar refractivity (Wildman–Crippen MR) is 101 cm³/mol. The summed E-state index contributed by atoms with van der Waals surface area (Å²) in [6.07, 6.45) is 5.96. The third-order valence-electron chi connectivity index (χ3n) is 5.10. The molecule has 142 valence electrons. The van der Waals surface area contributed by atoms with Crippen molar-refractivity contribution in [2.75, 3.05) is 39.3 Å². The molecule has 26 heavy (non-hydrogen) atoms. The Balaban J connectivity index is 1.61. The minimum atomic E-state index is -3.47. The lowest BCUT2D eigenvalue weighted by atomic mass is 9.92. The highest BCUT2D eigenvalue weighted by Crippen LogP contribution is 2.26. The molecule has 0 spiro atoms. The fraction of sp³-hybridized carbons (Fsp3) is 0.526. The molecule has 1 aliphatic carbocycles. The molecule has 2 aliphatic rings. The van der Waals surface area contributed by atoms with Crippen molar-refractivity contribution >= 4 is 15.9 Å². The van der Waals surface area contributed by atoms with Gasteiger partial charge in [-0.1, -0.05) is 12.1 Å². The zero-order valence-electron chi connectivity index (χ0n) is 15.1. The van der Waals surface area contributed by atoms with Crippen LogP contribution < -0.4 is 5.32 Å². The number of nitrogens with one attached hydrogen (secondary N) is 1. The second-order valence-electron chi connectivity index (χ2n) is 6.91. The number of rotatable bonds is 6. The molecule has 6 nitrogen and oxygen atoms in total. The number of hydrogen-bond acceptors (Lipinski definition) is 4. The van der Waals surface area contributed by atoms with Crippen molar-refractivity contribution in [2.24, 2.45) is 0 Å². The van der Waals surface area contributed by atoms with Crippen LogP contribution in [0.1, 0.15) is 24.0 Å². The molecule has 0 bridgehead atoms. The van der Waals surface area contributed by atoms with Crippen LogP contribution in [0.5, 0.6) is 0 Å². The number of amides is 1. The number of carbonyl (C=O) groups is 1. The van der Waals surface area contributed by atoms with Gasteiger partial charge >= 0.3 is 0 Å². The van der Waals surface area contributed by atoms with Crippen molar-refractivity contribution < 1.29 is 13.2 Å². The van der Waals surface area contributed by atoms with E-state index in [1.807, 2.05) is 17.0 Å². The molecule has 0 unspecified atom stereocenters. The maximum absolute atomic E-state index is 13.0. The summed E-state index contributed by atoms with van der Waals surface area (Å²) in [4.78, 5) is 14.2. The summed E-state index contributed by atoms with van der Waals surface area (Å²) >= 11 is 0. The van der Waals surface area contributed by atoms with Gasteiger partial charge in [-0.25, -0.2) is 8.42 Å². The first-order valence-electron chi connectivity index (χ1n) is 9.22. The van der Waals surface area contributed by atoms with Gasteiger partial charge in [0.25, 0.3) is 0 Å². The van der Waals surface area contributed by atoms with Gasteiger partial charge in [0.15, 0.2) is 0 Å². The molecular formula is C19H27N3O3S. The highest BCUT2D eigenvalue weighted by molar-refractivity contribution is 7.89. The van der Waals surface area contributed by atoms with E-state index in [0.29, 0.717) is 44.2 Å². The minimum absolute atomic E-state index is 0.0594. The molecule has 0 aromatic heterocycles. The van der Waals surface area contributed by atoms with Crippen molar-refractivity contribution in [3.05, 3.63) is 42.0 Å². The van der Waals surface area contributed by atoms with E-state index in [4.69, 9.17) is 0 Å². The van der Waals surface area contributed by atoms with Gasteiger partial charge in [0.1, 0.15) is 0 Å². The Morgan fingerprint density at radius 1 is 1.12 bits per heavy atom. The lowest BCUT2D eigenvalue weighted by Crippen LogP contribution is -2.51. The van der Waals surface area contributed by atoms with Gasteiger partial charge in [-0.2, -0.15) is 4.31 Å². The fourth-order valence-electron chi connectivity index (χ4n) is 3.59. The van der Waals surface area contributed by atoms with E-state index in [1.165, 1.54) is 21.9 Å². The molecule has 0 atom stereocenters. The van der Waals surface area contributed by atoms with Crippen LogP contribution in [0.15, 0.2) is 35.7 Å². The van der Waals surface area contributed by atoms with Gasteiger partial charge in [0, 0.05) is 32.7 Å². The Morgan fingerprint density at radius 3 is 2.50 bits per heavy atom. The molecule has 0 radical (unpaired) electrons. The summed E-state index contributed by atoms with van der Waals surface area (Å²) in [5, 5.41) is 2.75. The third-order valence-corrected chi connectivity index (χ3v) is 6.99. The zero-order chi connectivity index (χ0) is 18.6. The van der Waals surface area contributed by atoms with Crippen molar-refractivity contribution in [3.63, 3.8) is 0 Å². The standard InChI is InChI=1S/C19H27N3O3S/c1-2-9-20-19(23)15-21-10-12-22(13-11-21)26(24,25)18-8-7-16-5-3-4-6-17(16)14-18/h2,7-8,14H,1,3-6,9-13,15H2,(H,20,23). The van der Waals surface area contributed by atoms with E-state index in [1.54, 1.807) is 12.1 Å². The molecule has 1 fully saturated rings. The van der Waals surface area contributed by atoms with Crippen LogP contribution in [0.2, 0.25) is 0 Å². The number of hydrogen-bond donors (Lipinski definition) is 1. The molecule has 1 aromatic rings. The van der Waals surface area contributed by atoms with Crippen LogP contribution in [0.25, 0.3) is 0 Å². The highest BCUT2D eigenvalue weighted by Gasteiger charge is 2.29. The summed E-state index contributed by atoms with van der Waals surface area (Å²) < 4.78 is 27.5. The summed E-state index contributed by atoms with van der Waals surface area (Å²) in [5.41, 5.74) is 2.46. The molecule has 7 heteroatoms. The van der Waals surface area contributed by atoms with E-state index in [2.05, 4.69) is 11.9 Å². The Bertz CT molecular complexity index is 768. The van der Waals surface area contributed by atoms with Gasteiger partial charge in [0.05, 0.1) is 11.4 Å². The SMILES string of the molecule is C=CCNC(=O)CN1CCN(S(=O)(=O)c2ccc3c(c2)CCCC3)CC1. The van der Waals surface area contributed by atoms with E-state index in [9.17, 15) is 13.2 Å². The number of nitrogens with zero attached hydrogens (tertiary/aromatic N) is 2. The van der Waals surface area contributed by atoms with Crippen LogP contribution in [0.4, 0.5) is 0 Å². The zero-order valence-corrected chi connectivity index (χ0v) is 15.9. The van der Waals surface area contributed by atoms with E-state index < -0.39 is 10.0 Å². The summed E-state index contributed by atoms with van der Waals surface area (Å²) in [5.74, 6) is -0.0594. The lowest BCUT2D eigenvalue weighted by molar-refractivity contribution is -0.122. The first-order chi connectivity index (χ1) is 12.5. The molecular weight excluding hydrogens is 350 g/mol. The average molecular weight is 378 g/mol. The van der Waals surface area contributed by atoms with E-state index >= 15 is 0 Å². The van der Waals surface area contributed by atoms with Crippen LogP contribution in [-0.2, 0) is 27.7 Å². The predicted octanol–water partition coefficient (Wildman–Crippen LogP) is 1.17. The Morgan fingerprint density at radius 2 is 1.81 bits per heavy atom. The molecule has 1 saturated heterocycles. The number of carbonyl (C=O) groups excluding carboxylic acids is 1. The summed E-state index contributed by atoms with van der Waals surface area (Å²) in [6, 6.07) is 5.58. The van der Waals surface area contributed by atoms with Crippen molar-refractivity contribution in [2.45, 2.75) is 30.6 Å². The molecule has 3 rings (SSSR count). The Hall–Kier alpha value is -1.70. The van der Waals surface area contributed by atoms with Crippen LogP contribution in [0, 0.1) is 0 Å². The quantitative estimate of drug-likeness (QED) is 0.756. The Kier molecular flexibility index (Phi) is 6.11. The van der Waals surface area contributed by atoms with Gasteiger partial charge in [0.2, 0.25) is 15.9 Å². The number of aryl methyl sites for hydroxylation is 2. The summed E-state index contributed by atoms with van der Waals surface area (Å²) in [6.45, 7) is 6.26. The van der Waals surface area contributed by atoms with Crippen molar-refractivity contribution in [3.8, 4) is 0 Å². The van der Waals surface area contributed by atoms with Crippen LogP contribution >= 0.6 is 0 Å². The molecule has 1 heterocycles. The maximum Gasteiger partial charge on any atom is 0.243 e. The number of benzene rings is 1. The Labute approximate surface area is 155 Å². The van der Waals surface area contributed by atoms with Crippen molar-refractivity contribution in [1.82, 2.24) is 14.5 Å². The molecule has 1 aromatic carbocycles. The fourth-order valence-corrected chi connectivity index (χ4v) is 5.07. The molecule has 1 aliphatic heterocycles. The molecule has 1 N–H and O–H groups in total. The van der Waals surface area contributed by atoms with Crippen LogP contribution in [0.3, 0.4) is 0 Å². The average Bonchev–Trinajstić information content (AvgIpc) is 2.66. The first kappa shape index (κ1) is 19.1. The van der Waals surface area contributed by atoms with Crippen molar-refractivity contribution in [1.29, 1.82) is 0 Å². The monoisotopic (exact) mass is 377 g/mol. The van der Waals surface area contributed by atoms with Gasteiger partial charge < -0.3 is 5.32 Å². The lowest BCUT2D eigenvalue weighted by Gasteiger charge is -2.33. The normalized spacial score (nSPS) is 18.9.